The van der Waals surface area contributed by atoms with Crippen LogP contribution in [0.4, 0.5) is 5.82 Å². The molecule has 8 nitrogen and oxygen atoms in total. The Labute approximate surface area is 210 Å². The third-order valence-electron chi connectivity index (χ3n) is 5.81. The molecule has 0 bridgehead atoms. The van der Waals surface area contributed by atoms with Crippen LogP contribution in [0.25, 0.3) is 16.7 Å². The lowest BCUT2D eigenvalue weighted by atomic mass is 10.1. The van der Waals surface area contributed by atoms with Gasteiger partial charge in [0, 0.05) is 5.39 Å². The van der Waals surface area contributed by atoms with E-state index < -0.39 is 11.9 Å². The van der Waals surface area contributed by atoms with Crippen molar-refractivity contribution < 1.29 is 19.1 Å². The van der Waals surface area contributed by atoms with Crippen molar-refractivity contribution in [3.8, 4) is 11.6 Å². The molecule has 0 unspecified atom stereocenters. The summed E-state index contributed by atoms with van der Waals surface area (Å²) in [6, 6.07) is 15.5. The Hall–Kier alpha value is -4.20. The van der Waals surface area contributed by atoms with Crippen molar-refractivity contribution in [3.05, 3.63) is 77.0 Å². The number of fused-ring (bicyclic) bond motifs is 1. The number of esters is 1. The summed E-state index contributed by atoms with van der Waals surface area (Å²) in [5.74, 6) is 0.230. The molecule has 1 N–H and O–H groups in total. The van der Waals surface area contributed by atoms with Crippen LogP contribution < -0.4 is 10.1 Å². The molecule has 0 radical (unpaired) electrons. The molecule has 36 heavy (non-hydrogen) atoms. The lowest BCUT2D eigenvalue weighted by Crippen LogP contribution is -2.23. The number of carbonyl (C=O) groups excluding carboxylic acids is 2. The van der Waals surface area contributed by atoms with Gasteiger partial charge in [-0.1, -0.05) is 43.7 Å². The van der Waals surface area contributed by atoms with Gasteiger partial charge in [-0.3, -0.25) is 4.79 Å². The lowest BCUT2D eigenvalue weighted by molar-refractivity contribution is -0.118. The minimum absolute atomic E-state index is 0.137. The summed E-state index contributed by atoms with van der Waals surface area (Å²) in [6.45, 7) is 7.78. The molecule has 0 atom stereocenters. The number of aromatic nitrogens is 3. The number of anilines is 1. The number of hydrogen-bond acceptors (Lipinski definition) is 6. The summed E-state index contributed by atoms with van der Waals surface area (Å²) in [4.78, 5) is 30.2. The van der Waals surface area contributed by atoms with Crippen LogP contribution in [0.1, 0.15) is 47.3 Å². The summed E-state index contributed by atoms with van der Waals surface area (Å²) in [7, 11) is 0. The van der Waals surface area contributed by atoms with Gasteiger partial charge in [-0.2, -0.15) is 9.78 Å². The standard InChI is InChI=1S/C28H30N4O4/c1-5-8-20-11-13-21(14-12-20)36-17-25(33)31-27-23(28(34)35-6-2)16-29-32(27)24-15-19(4)22-10-7-9-18(3)26(22)30-24/h7,9-16H,5-6,8,17H2,1-4H3,(H,31,33). The fourth-order valence-electron chi connectivity index (χ4n) is 4.01. The van der Waals surface area contributed by atoms with Crippen LogP contribution >= 0.6 is 0 Å². The van der Waals surface area contributed by atoms with E-state index >= 15 is 0 Å². The van der Waals surface area contributed by atoms with Gasteiger partial charge in [-0.05, 0) is 62.1 Å². The van der Waals surface area contributed by atoms with Gasteiger partial charge in [0.1, 0.15) is 11.3 Å². The van der Waals surface area contributed by atoms with E-state index in [1.165, 1.54) is 16.4 Å². The van der Waals surface area contributed by atoms with E-state index in [4.69, 9.17) is 14.5 Å². The Bertz CT molecular complexity index is 1390. The molecule has 186 valence electrons. The SMILES string of the molecule is CCCc1ccc(OCC(=O)Nc2c(C(=O)OCC)cnn2-c2cc(C)c3cccc(C)c3n2)cc1. The smallest absolute Gasteiger partial charge is 0.343 e. The van der Waals surface area contributed by atoms with Crippen LogP contribution in [0.15, 0.2) is 54.7 Å². The van der Waals surface area contributed by atoms with Crippen LogP contribution in [-0.4, -0.2) is 39.9 Å². The molecule has 0 spiro atoms. The summed E-state index contributed by atoms with van der Waals surface area (Å²) in [6.07, 6.45) is 3.42. The van der Waals surface area contributed by atoms with Crippen molar-refractivity contribution in [2.24, 2.45) is 0 Å². The van der Waals surface area contributed by atoms with E-state index in [1.54, 1.807) is 6.92 Å². The number of para-hydroxylation sites is 1. The molecule has 4 aromatic rings. The fraction of sp³-hybridized carbons (Fsp3) is 0.286. The Morgan fingerprint density at radius 2 is 1.81 bits per heavy atom. The average Bonchev–Trinajstić information content (AvgIpc) is 3.28. The highest BCUT2D eigenvalue weighted by Crippen LogP contribution is 2.26. The zero-order valence-corrected chi connectivity index (χ0v) is 21.0. The summed E-state index contributed by atoms with van der Waals surface area (Å²) in [5, 5.41) is 8.17. The Balaban J connectivity index is 1.62. The maximum absolute atomic E-state index is 12.9. The molecule has 2 aromatic heterocycles. The van der Waals surface area contributed by atoms with Crippen LogP contribution in [-0.2, 0) is 16.0 Å². The van der Waals surface area contributed by atoms with Gasteiger partial charge in [0.15, 0.2) is 18.2 Å². The van der Waals surface area contributed by atoms with E-state index in [0.717, 1.165) is 34.9 Å². The maximum atomic E-state index is 12.9. The number of rotatable bonds is 9. The van der Waals surface area contributed by atoms with Crippen molar-refractivity contribution in [1.82, 2.24) is 14.8 Å². The minimum Gasteiger partial charge on any atom is -0.484 e. The first-order valence-electron chi connectivity index (χ1n) is 12.0. The third kappa shape index (κ3) is 5.38. The molecule has 0 aliphatic heterocycles. The lowest BCUT2D eigenvalue weighted by Gasteiger charge is -2.13. The van der Waals surface area contributed by atoms with Gasteiger partial charge in [0.2, 0.25) is 0 Å². The van der Waals surface area contributed by atoms with Crippen molar-refractivity contribution >= 4 is 28.6 Å². The molecular formula is C28H30N4O4. The second-order valence-corrected chi connectivity index (χ2v) is 8.54. The first kappa shape index (κ1) is 24.9. The van der Waals surface area contributed by atoms with E-state index in [9.17, 15) is 9.59 Å². The molecule has 0 saturated heterocycles. The van der Waals surface area contributed by atoms with Gasteiger partial charge >= 0.3 is 5.97 Å². The van der Waals surface area contributed by atoms with Gasteiger partial charge in [0.05, 0.1) is 18.3 Å². The number of pyridine rings is 1. The predicted molar refractivity (Wildman–Crippen MR) is 139 cm³/mol. The summed E-state index contributed by atoms with van der Waals surface area (Å²) >= 11 is 0. The van der Waals surface area contributed by atoms with Crippen LogP contribution in [0, 0.1) is 13.8 Å². The number of nitrogens with one attached hydrogen (secondary N) is 1. The number of aryl methyl sites for hydroxylation is 3. The first-order chi connectivity index (χ1) is 17.4. The number of amides is 1. The maximum Gasteiger partial charge on any atom is 0.343 e. The molecular weight excluding hydrogens is 456 g/mol. The summed E-state index contributed by atoms with van der Waals surface area (Å²) < 4.78 is 12.3. The highest BCUT2D eigenvalue weighted by Gasteiger charge is 2.23. The predicted octanol–water partition coefficient (Wildman–Crippen LogP) is 5.18. The molecule has 0 aliphatic rings. The fourth-order valence-corrected chi connectivity index (χ4v) is 4.01. The monoisotopic (exact) mass is 486 g/mol. The molecule has 0 fully saturated rings. The zero-order chi connectivity index (χ0) is 25.7. The molecule has 0 aliphatic carbocycles. The van der Waals surface area contributed by atoms with Crippen molar-refractivity contribution in [3.63, 3.8) is 0 Å². The second-order valence-electron chi connectivity index (χ2n) is 8.54. The largest absolute Gasteiger partial charge is 0.484 e. The number of ether oxygens (including phenoxy) is 2. The van der Waals surface area contributed by atoms with Gasteiger partial charge in [-0.25, -0.2) is 9.78 Å². The van der Waals surface area contributed by atoms with Crippen LogP contribution in [0.5, 0.6) is 5.75 Å². The van der Waals surface area contributed by atoms with E-state index in [0.29, 0.717) is 11.6 Å². The van der Waals surface area contributed by atoms with Crippen molar-refractivity contribution in [2.45, 2.75) is 40.5 Å². The minimum atomic E-state index is -0.583. The van der Waals surface area contributed by atoms with E-state index in [-0.39, 0.29) is 24.6 Å². The molecule has 2 aromatic carbocycles. The highest BCUT2D eigenvalue weighted by molar-refractivity contribution is 6.01. The van der Waals surface area contributed by atoms with Crippen molar-refractivity contribution in [1.29, 1.82) is 0 Å². The Morgan fingerprint density at radius 1 is 1.03 bits per heavy atom. The zero-order valence-electron chi connectivity index (χ0n) is 21.0. The molecule has 2 heterocycles. The third-order valence-corrected chi connectivity index (χ3v) is 5.81. The Morgan fingerprint density at radius 3 is 2.53 bits per heavy atom. The van der Waals surface area contributed by atoms with Gasteiger partial charge in [-0.15, -0.1) is 0 Å². The Kier molecular flexibility index (Phi) is 7.63. The normalized spacial score (nSPS) is 10.9. The number of benzene rings is 2. The quantitative estimate of drug-likeness (QED) is 0.327. The van der Waals surface area contributed by atoms with Gasteiger partial charge < -0.3 is 14.8 Å². The first-order valence-corrected chi connectivity index (χ1v) is 12.0. The molecule has 0 saturated carbocycles. The van der Waals surface area contributed by atoms with E-state index in [1.807, 2.05) is 62.4 Å². The second kappa shape index (κ2) is 11.0. The van der Waals surface area contributed by atoms with Gasteiger partial charge in [0.25, 0.3) is 5.91 Å². The molecule has 4 rings (SSSR count). The highest BCUT2D eigenvalue weighted by atomic mass is 16.5. The van der Waals surface area contributed by atoms with Crippen LogP contribution in [0.3, 0.4) is 0 Å². The van der Waals surface area contributed by atoms with Crippen LogP contribution in [0.2, 0.25) is 0 Å². The number of carbonyl (C=O) groups is 2. The number of hydrogen-bond donors (Lipinski definition) is 1. The average molecular weight is 487 g/mol. The molecule has 1 amide bonds. The van der Waals surface area contributed by atoms with E-state index in [2.05, 4.69) is 17.3 Å². The summed E-state index contributed by atoms with van der Waals surface area (Å²) in [5.41, 5.74) is 4.19. The topological polar surface area (TPSA) is 95.3 Å². The number of nitrogens with zero attached hydrogens (tertiary/aromatic N) is 3. The van der Waals surface area contributed by atoms with Crippen molar-refractivity contribution in [2.75, 3.05) is 18.5 Å². The molecule has 8 heteroatoms.